The van der Waals surface area contributed by atoms with E-state index in [1.54, 1.807) is 0 Å². The van der Waals surface area contributed by atoms with Gasteiger partial charge >= 0.3 is 0 Å². The van der Waals surface area contributed by atoms with Gasteiger partial charge in [-0.3, -0.25) is 0 Å². The normalized spacial score (nSPS) is 14.6. The molecule has 0 aromatic carbocycles. The molecule has 0 fully saturated rings. The Morgan fingerprint density at radius 3 is 2.05 bits per heavy atom. The Labute approximate surface area is 122 Å². The summed E-state index contributed by atoms with van der Waals surface area (Å²) in [4.78, 5) is 0. The van der Waals surface area contributed by atoms with Gasteiger partial charge in [-0.05, 0) is 12.8 Å². The molecule has 0 heterocycles. The average Bonchev–Trinajstić information content (AvgIpc) is 2.31. The molecular formula is C17H34OSi. The minimum absolute atomic E-state index is 0.202. The van der Waals surface area contributed by atoms with Crippen LogP contribution in [0.25, 0.3) is 0 Å². The molecule has 19 heavy (non-hydrogen) atoms. The zero-order valence-corrected chi connectivity index (χ0v) is 14.8. The summed E-state index contributed by atoms with van der Waals surface area (Å²) in [5, 5.41) is 10.2. The summed E-state index contributed by atoms with van der Waals surface area (Å²) in [6, 6.07) is 0. The van der Waals surface area contributed by atoms with Crippen LogP contribution in [0.1, 0.15) is 65.2 Å². The SMILES string of the molecule is CCCCCCC[C@H](C#C[Si](C)(C)C)[C@H](O)CCC. The van der Waals surface area contributed by atoms with Crippen LogP contribution < -0.4 is 0 Å². The summed E-state index contributed by atoms with van der Waals surface area (Å²) in [6.07, 6.45) is 9.24. The molecule has 0 rings (SSSR count). The highest BCUT2D eigenvalue weighted by Gasteiger charge is 2.17. The second kappa shape index (κ2) is 10.5. The molecule has 0 aliphatic rings. The summed E-state index contributed by atoms with van der Waals surface area (Å²) < 4.78 is 0. The van der Waals surface area contributed by atoms with E-state index in [0.29, 0.717) is 0 Å². The molecule has 1 nitrogen and oxygen atoms in total. The molecule has 2 atom stereocenters. The fourth-order valence-corrected chi connectivity index (χ4v) is 2.75. The highest BCUT2D eigenvalue weighted by Crippen LogP contribution is 2.18. The fourth-order valence-electron chi connectivity index (χ4n) is 2.13. The van der Waals surface area contributed by atoms with E-state index >= 15 is 0 Å². The predicted molar refractivity (Wildman–Crippen MR) is 88.9 cm³/mol. The molecule has 0 bridgehead atoms. The highest BCUT2D eigenvalue weighted by molar-refractivity contribution is 6.83. The van der Waals surface area contributed by atoms with Crippen molar-refractivity contribution in [3.63, 3.8) is 0 Å². The van der Waals surface area contributed by atoms with Crippen LogP contribution in [0, 0.1) is 17.4 Å². The van der Waals surface area contributed by atoms with E-state index in [-0.39, 0.29) is 12.0 Å². The second-order valence-electron chi connectivity index (χ2n) is 6.68. The molecule has 0 radical (unpaired) electrons. The Hall–Kier alpha value is -0.263. The first-order valence-corrected chi connectivity index (χ1v) is 11.6. The van der Waals surface area contributed by atoms with Crippen molar-refractivity contribution in [3.05, 3.63) is 0 Å². The lowest BCUT2D eigenvalue weighted by atomic mass is 9.93. The molecule has 0 aliphatic heterocycles. The maximum absolute atomic E-state index is 10.2. The topological polar surface area (TPSA) is 20.2 Å². The van der Waals surface area contributed by atoms with Gasteiger partial charge in [-0.25, -0.2) is 0 Å². The average molecular weight is 283 g/mol. The maximum Gasteiger partial charge on any atom is 0.129 e. The van der Waals surface area contributed by atoms with Crippen LogP contribution in [-0.4, -0.2) is 19.3 Å². The Morgan fingerprint density at radius 1 is 0.895 bits per heavy atom. The van der Waals surface area contributed by atoms with Gasteiger partial charge in [-0.1, -0.05) is 72.0 Å². The number of aliphatic hydroxyl groups is 1. The van der Waals surface area contributed by atoms with E-state index in [9.17, 15) is 5.11 Å². The smallest absolute Gasteiger partial charge is 0.129 e. The van der Waals surface area contributed by atoms with Gasteiger partial charge < -0.3 is 5.11 Å². The van der Waals surface area contributed by atoms with Gasteiger partial charge in [0, 0.05) is 5.92 Å². The predicted octanol–water partition coefficient (Wildman–Crippen LogP) is 5.00. The maximum atomic E-state index is 10.2. The van der Waals surface area contributed by atoms with Crippen LogP contribution in [0.3, 0.4) is 0 Å². The third kappa shape index (κ3) is 11.3. The van der Waals surface area contributed by atoms with Crippen LogP contribution in [-0.2, 0) is 0 Å². The van der Waals surface area contributed by atoms with Gasteiger partial charge in [0.15, 0.2) is 0 Å². The zero-order valence-electron chi connectivity index (χ0n) is 13.8. The monoisotopic (exact) mass is 282 g/mol. The van der Waals surface area contributed by atoms with E-state index < -0.39 is 8.07 Å². The molecular weight excluding hydrogens is 248 g/mol. The lowest BCUT2D eigenvalue weighted by Gasteiger charge is -2.18. The first-order valence-electron chi connectivity index (χ1n) is 8.11. The summed E-state index contributed by atoms with van der Waals surface area (Å²) in [5.41, 5.74) is 3.44. The van der Waals surface area contributed by atoms with E-state index in [2.05, 4.69) is 45.0 Å². The van der Waals surface area contributed by atoms with Crippen molar-refractivity contribution in [2.75, 3.05) is 0 Å². The number of hydrogen-bond donors (Lipinski definition) is 1. The van der Waals surface area contributed by atoms with Crippen molar-refractivity contribution in [2.24, 2.45) is 5.92 Å². The quantitative estimate of drug-likeness (QED) is 0.358. The third-order valence-electron chi connectivity index (χ3n) is 3.30. The minimum atomic E-state index is -1.32. The number of aliphatic hydroxyl groups excluding tert-OH is 1. The zero-order chi connectivity index (χ0) is 14.7. The fraction of sp³-hybridized carbons (Fsp3) is 0.882. The van der Waals surface area contributed by atoms with E-state index in [0.717, 1.165) is 19.3 Å². The minimum Gasteiger partial charge on any atom is -0.392 e. The standard InChI is InChI=1S/C17H34OSi/c1-6-8-9-10-11-13-16(17(18)12-7-2)14-15-19(3,4)5/h16-18H,6-13H2,1-5H3/t16-,17-/m1/s1. The highest BCUT2D eigenvalue weighted by atomic mass is 28.3. The molecule has 0 unspecified atom stereocenters. The van der Waals surface area contributed by atoms with Crippen molar-refractivity contribution < 1.29 is 5.11 Å². The number of rotatable bonds is 9. The van der Waals surface area contributed by atoms with Crippen LogP contribution in [0.5, 0.6) is 0 Å². The van der Waals surface area contributed by atoms with Crippen LogP contribution >= 0.6 is 0 Å². The molecule has 0 saturated carbocycles. The van der Waals surface area contributed by atoms with Crippen LogP contribution in [0.15, 0.2) is 0 Å². The molecule has 0 saturated heterocycles. The van der Waals surface area contributed by atoms with Gasteiger partial charge in [0.2, 0.25) is 0 Å². The van der Waals surface area contributed by atoms with Crippen LogP contribution in [0.4, 0.5) is 0 Å². The van der Waals surface area contributed by atoms with E-state index in [4.69, 9.17) is 0 Å². The summed E-state index contributed by atoms with van der Waals surface area (Å²) in [7, 11) is -1.32. The van der Waals surface area contributed by atoms with Gasteiger partial charge in [-0.15, -0.1) is 11.5 Å². The van der Waals surface area contributed by atoms with Crippen molar-refractivity contribution in [3.8, 4) is 11.5 Å². The third-order valence-corrected chi connectivity index (χ3v) is 4.19. The van der Waals surface area contributed by atoms with Crippen LogP contribution in [0.2, 0.25) is 19.6 Å². The Morgan fingerprint density at radius 2 is 1.53 bits per heavy atom. The molecule has 0 aromatic rings. The number of hydrogen-bond acceptors (Lipinski definition) is 1. The first-order chi connectivity index (χ1) is 8.90. The Bertz CT molecular complexity index is 269. The van der Waals surface area contributed by atoms with Gasteiger partial charge in [-0.2, -0.15) is 0 Å². The summed E-state index contributed by atoms with van der Waals surface area (Å²) in [6.45, 7) is 11.2. The molecule has 112 valence electrons. The molecule has 0 aromatic heterocycles. The van der Waals surface area contributed by atoms with Crippen molar-refractivity contribution >= 4 is 8.07 Å². The number of unbranched alkanes of at least 4 members (excludes halogenated alkanes) is 4. The molecule has 0 aliphatic carbocycles. The molecule has 0 spiro atoms. The van der Waals surface area contributed by atoms with E-state index in [1.165, 1.54) is 32.1 Å². The summed E-state index contributed by atoms with van der Waals surface area (Å²) in [5.74, 6) is 3.60. The summed E-state index contributed by atoms with van der Waals surface area (Å²) >= 11 is 0. The lowest BCUT2D eigenvalue weighted by Crippen LogP contribution is -2.22. The molecule has 1 N–H and O–H groups in total. The Kier molecular flexibility index (Phi) is 10.4. The van der Waals surface area contributed by atoms with Crippen molar-refractivity contribution in [2.45, 2.75) is 91.0 Å². The first kappa shape index (κ1) is 18.7. The largest absolute Gasteiger partial charge is 0.392 e. The lowest BCUT2D eigenvalue weighted by molar-refractivity contribution is 0.118. The molecule has 0 amide bonds. The van der Waals surface area contributed by atoms with Gasteiger partial charge in [0.05, 0.1) is 6.10 Å². The Balaban J connectivity index is 4.29. The van der Waals surface area contributed by atoms with Gasteiger partial charge in [0.25, 0.3) is 0 Å². The second-order valence-corrected chi connectivity index (χ2v) is 11.4. The van der Waals surface area contributed by atoms with Gasteiger partial charge in [0.1, 0.15) is 8.07 Å². The van der Waals surface area contributed by atoms with Crippen molar-refractivity contribution in [1.82, 2.24) is 0 Å². The molecule has 2 heteroatoms. The van der Waals surface area contributed by atoms with E-state index in [1.807, 2.05) is 0 Å². The van der Waals surface area contributed by atoms with Crippen molar-refractivity contribution in [1.29, 1.82) is 0 Å².